The number of carbonyl (C=O) groups is 2. The van der Waals surface area contributed by atoms with Gasteiger partial charge < -0.3 is 10.1 Å². The van der Waals surface area contributed by atoms with E-state index in [1.807, 2.05) is 51.1 Å². The van der Waals surface area contributed by atoms with Crippen LogP contribution in [0.1, 0.15) is 53.1 Å². The lowest BCUT2D eigenvalue weighted by molar-refractivity contribution is -0.131. The highest BCUT2D eigenvalue weighted by molar-refractivity contribution is 5.96. The molecule has 2 N–H and O–H groups in total. The predicted molar refractivity (Wildman–Crippen MR) is 102 cm³/mol. The van der Waals surface area contributed by atoms with Crippen LogP contribution in [0.4, 0.5) is 4.79 Å². The standard InChI is InChI=1S/C20H31N3O3/c1-19(2,3)21-15(14-10-8-7-9-11-14)16(22-20(4,5)6)17(24)23-12-13-26-18(23)25/h7-11,15-16,21-22H,12-13H2,1-6H3/t15-,16+/m0/s1. The summed E-state index contributed by atoms with van der Waals surface area (Å²) in [4.78, 5) is 26.4. The summed E-state index contributed by atoms with van der Waals surface area (Å²) >= 11 is 0. The van der Waals surface area contributed by atoms with Crippen molar-refractivity contribution >= 4 is 12.0 Å². The second-order valence-electron chi connectivity index (χ2n) is 8.76. The molecule has 1 fully saturated rings. The molecule has 1 aliphatic heterocycles. The topological polar surface area (TPSA) is 70.7 Å². The predicted octanol–water partition coefficient (Wildman–Crippen LogP) is 2.85. The fraction of sp³-hybridized carbons (Fsp3) is 0.600. The zero-order chi connectivity index (χ0) is 19.5. The molecule has 0 spiro atoms. The first-order chi connectivity index (χ1) is 12.0. The van der Waals surface area contributed by atoms with Crippen LogP contribution in [-0.2, 0) is 9.53 Å². The van der Waals surface area contributed by atoms with E-state index < -0.39 is 12.1 Å². The summed E-state index contributed by atoms with van der Waals surface area (Å²) in [5, 5.41) is 6.97. The largest absolute Gasteiger partial charge is 0.447 e. The van der Waals surface area contributed by atoms with Crippen molar-refractivity contribution in [1.82, 2.24) is 15.5 Å². The molecule has 0 radical (unpaired) electrons. The van der Waals surface area contributed by atoms with Gasteiger partial charge in [0.1, 0.15) is 12.6 Å². The molecule has 0 bridgehead atoms. The zero-order valence-electron chi connectivity index (χ0n) is 16.6. The molecule has 1 heterocycles. The fourth-order valence-electron chi connectivity index (χ4n) is 3.00. The minimum Gasteiger partial charge on any atom is -0.447 e. The Bertz CT molecular complexity index is 632. The first kappa shape index (κ1) is 20.4. The molecule has 1 aliphatic rings. The van der Waals surface area contributed by atoms with Gasteiger partial charge >= 0.3 is 6.09 Å². The minimum atomic E-state index is -0.609. The normalized spacial score (nSPS) is 17.8. The van der Waals surface area contributed by atoms with E-state index in [9.17, 15) is 9.59 Å². The Morgan fingerprint density at radius 2 is 1.62 bits per heavy atom. The molecule has 144 valence electrons. The number of hydrogen-bond acceptors (Lipinski definition) is 5. The summed E-state index contributed by atoms with van der Waals surface area (Å²) in [6, 6.07) is 8.94. The van der Waals surface area contributed by atoms with Crippen LogP contribution >= 0.6 is 0 Å². The van der Waals surface area contributed by atoms with E-state index in [1.165, 1.54) is 4.90 Å². The van der Waals surface area contributed by atoms with E-state index in [2.05, 4.69) is 31.4 Å². The average Bonchev–Trinajstić information content (AvgIpc) is 2.95. The van der Waals surface area contributed by atoms with E-state index in [-0.39, 0.29) is 36.2 Å². The quantitative estimate of drug-likeness (QED) is 0.844. The van der Waals surface area contributed by atoms with Gasteiger partial charge in [0.05, 0.1) is 12.6 Å². The van der Waals surface area contributed by atoms with E-state index >= 15 is 0 Å². The highest BCUT2D eigenvalue weighted by Crippen LogP contribution is 2.24. The van der Waals surface area contributed by atoms with E-state index in [0.717, 1.165) is 5.56 Å². The van der Waals surface area contributed by atoms with Gasteiger partial charge in [0.25, 0.3) is 5.91 Å². The molecule has 6 heteroatoms. The number of cyclic esters (lactones) is 1. The van der Waals surface area contributed by atoms with Crippen molar-refractivity contribution in [2.75, 3.05) is 13.2 Å². The van der Waals surface area contributed by atoms with Gasteiger partial charge in [-0.15, -0.1) is 0 Å². The fourth-order valence-corrected chi connectivity index (χ4v) is 3.00. The average molecular weight is 361 g/mol. The summed E-state index contributed by atoms with van der Waals surface area (Å²) in [6.45, 7) is 12.7. The third-order valence-electron chi connectivity index (χ3n) is 3.96. The lowest BCUT2D eigenvalue weighted by atomic mass is 9.92. The molecule has 1 saturated heterocycles. The van der Waals surface area contributed by atoms with Crippen molar-refractivity contribution in [3.05, 3.63) is 35.9 Å². The maximum Gasteiger partial charge on any atom is 0.416 e. The number of benzene rings is 1. The molecule has 0 unspecified atom stereocenters. The van der Waals surface area contributed by atoms with Gasteiger partial charge in [-0.3, -0.25) is 10.1 Å². The lowest BCUT2D eigenvalue weighted by Crippen LogP contribution is -2.59. The van der Waals surface area contributed by atoms with Gasteiger partial charge in [-0.1, -0.05) is 30.3 Å². The molecule has 26 heavy (non-hydrogen) atoms. The summed E-state index contributed by atoms with van der Waals surface area (Å²) in [6.07, 6.45) is -0.571. The van der Waals surface area contributed by atoms with E-state index in [4.69, 9.17) is 4.74 Å². The highest BCUT2D eigenvalue weighted by Gasteiger charge is 2.40. The first-order valence-electron chi connectivity index (χ1n) is 9.06. The monoisotopic (exact) mass is 361 g/mol. The number of hydrogen-bond donors (Lipinski definition) is 2. The molecular formula is C20H31N3O3. The van der Waals surface area contributed by atoms with Crippen molar-refractivity contribution in [3.63, 3.8) is 0 Å². The van der Waals surface area contributed by atoms with E-state index in [1.54, 1.807) is 0 Å². The smallest absolute Gasteiger partial charge is 0.416 e. The summed E-state index contributed by atoms with van der Waals surface area (Å²) in [5.41, 5.74) is 0.464. The summed E-state index contributed by atoms with van der Waals surface area (Å²) in [7, 11) is 0. The minimum absolute atomic E-state index is 0.218. The Hall–Kier alpha value is -1.92. The molecule has 2 rings (SSSR count). The number of imide groups is 1. The second-order valence-corrected chi connectivity index (χ2v) is 8.76. The molecule has 0 saturated carbocycles. The molecule has 2 atom stereocenters. The van der Waals surface area contributed by atoms with Crippen LogP contribution in [-0.4, -0.2) is 47.2 Å². The number of nitrogens with one attached hydrogen (secondary N) is 2. The van der Waals surface area contributed by atoms with Crippen LogP contribution in [0, 0.1) is 0 Å². The Balaban J connectivity index is 2.43. The Morgan fingerprint density at radius 1 is 1.04 bits per heavy atom. The molecule has 1 aromatic carbocycles. The third-order valence-corrected chi connectivity index (χ3v) is 3.96. The maximum atomic E-state index is 13.3. The van der Waals surface area contributed by atoms with Crippen molar-refractivity contribution in [2.24, 2.45) is 0 Å². The third kappa shape index (κ3) is 5.54. The van der Waals surface area contributed by atoms with Crippen LogP contribution in [0.2, 0.25) is 0 Å². The van der Waals surface area contributed by atoms with Crippen LogP contribution in [0.5, 0.6) is 0 Å². The van der Waals surface area contributed by atoms with Crippen molar-refractivity contribution < 1.29 is 14.3 Å². The van der Waals surface area contributed by atoms with Crippen molar-refractivity contribution in [3.8, 4) is 0 Å². The number of nitrogens with zero attached hydrogens (tertiary/aromatic N) is 1. The van der Waals surface area contributed by atoms with Crippen molar-refractivity contribution in [2.45, 2.75) is 64.7 Å². The molecule has 6 nitrogen and oxygen atoms in total. The van der Waals surface area contributed by atoms with Gasteiger partial charge in [-0.2, -0.15) is 0 Å². The van der Waals surface area contributed by atoms with Gasteiger partial charge in [-0.05, 0) is 47.1 Å². The Morgan fingerprint density at radius 3 is 2.08 bits per heavy atom. The number of amides is 2. The summed E-state index contributed by atoms with van der Waals surface area (Å²) in [5.74, 6) is -0.270. The number of rotatable bonds is 5. The van der Waals surface area contributed by atoms with Crippen molar-refractivity contribution in [1.29, 1.82) is 0 Å². The molecule has 1 aromatic rings. The van der Waals surface area contributed by atoms with Gasteiger partial charge in [0.15, 0.2) is 0 Å². The zero-order valence-corrected chi connectivity index (χ0v) is 16.6. The lowest BCUT2D eigenvalue weighted by Gasteiger charge is -2.38. The number of carbonyl (C=O) groups excluding carboxylic acids is 2. The van der Waals surface area contributed by atoms with Gasteiger partial charge in [0, 0.05) is 11.1 Å². The highest BCUT2D eigenvalue weighted by atomic mass is 16.6. The first-order valence-corrected chi connectivity index (χ1v) is 9.06. The van der Waals surface area contributed by atoms with Gasteiger partial charge in [0.2, 0.25) is 0 Å². The van der Waals surface area contributed by atoms with Crippen LogP contribution in [0.3, 0.4) is 0 Å². The van der Waals surface area contributed by atoms with Crippen LogP contribution in [0.25, 0.3) is 0 Å². The summed E-state index contributed by atoms with van der Waals surface area (Å²) < 4.78 is 4.97. The Labute approximate surface area is 156 Å². The van der Waals surface area contributed by atoms with Crippen LogP contribution in [0.15, 0.2) is 30.3 Å². The van der Waals surface area contributed by atoms with E-state index in [0.29, 0.717) is 0 Å². The molecule has 2 amide bonds. The SMILES string of the molecule is CC(C)(C)N[C@@H](C(=O)N1CCOC1=O)[C@@H](NC(C)(C)C)c1ccccc1. The molecule has 0 aliphatic carbocycles. The van der Waals surface area contributed by atoms with Gasteiger partial charge in [-0.25, -0.2) is 9.69 Å². The Kier molecular flexibility index (Phi) is 6.09. The number of ether oxygens (including phenoxy) is 1. The molecular weight excluding hydrogens is 330 g/mol. The molecule has 0 aromatic heterocycles. The van der Waals surface area contributed by atoms with Crippen LogP contribution < -0.4 is 10.6 Å². The maximum absolute atomic E-state index is 13.3. The second kappa shape index (κ2) is 7.76.